The molecule has 392 valence electrons. The van der Waals surface area contributed by atoms with Crippen LogP contribution in [0, 0.1) is 0 Å². The molecule has 0 fully saturated rings. The maximum Gasteiger partial charge on any atom is 0.136 e. The Hall–Kier alpha value is -11.3. The molecule has 19 aromatic rings. The third-order valence-corrected chi connectivity index (χ3v) is 17.4. The fourth-order valence-electron chi connectivity index (χ4n) is 13.8. The summed E-state index contributed by atoms with van der Waals surface area (Å²) in [6.07, 6.45) is 0. The summed E-state index contributed by atoms with van der Waals surface area (Å²) in [5.41, 5.74) is 20.2. The zero-order chi connectivity index (χ0) is 55.0. The Morgan fingerprint density at radius 2 is 0.548 bits per heavy atom. The lowest BCUT2D eigenvalue weighted by molar-refractivity contribution is 0.669. The molecule has 0 unspecified atom stereocenters. The van der Waals surface area contributed by atoms with Gasteiger partial charge < -0.3 is 27.1 Å². The Morgan fingerprint density at radius 3 is 1.06 bits per heavy atom. The van der Waals surface area contributed by atoms with Crippen molar-refractivity contribution in [3.63, 3.8) is 0 Å². The van der Waals surface area contributed by atoms with E-state index in [1.54, 1.807) is 0 Å². The maximum absolute atomic E-state index is 6.28. The van der Waals surface area contributed by atoms with E-state index in [4.69, 9.17) is 8.83 Å². The van der Waals surface area contributed by atoms with Crippen LogP contribution in [0.3, 0.4) is 0 Å². The van der Waals surface area contributed by atoms with Gasteiger partial charge in [-0.15, -0.1) is 0 Å². The molecule has 0 saturated carbocycles. The van der Waals surface area contributed by atoms with E-state index in [0.29, 0.717) is 0 Å². The zero-order valence-electron chi connectivity index (χ0n) is 45.3. The van der Waals surface area contributed by atoms with Gasteiger partial charge in [-0.1, -0.05) is 182 Å². The molecule has 0 spiro atoms. The SMILES string of the molecule is c1cc(-n2c3ccccc3c3ccccc32)cc(-n2c3ccccc3c3cc4oc5ccccc5c4cc32)c1.c1ccc(-n2c3ccccc3c3cccc(-c4ccc(-n5c6ccccc6c6cc7oc8ccccc8c7cc65)cc4)c32)cc1. The first-order chi connectivity index (χ1) is 41.7. The fourth-order valence-corrected chi connectivity index (χ4v) is 13.8. The minimum Gasteiger partial charge on any atom is -0.456 e. The lowest BCUT2D eigenvalue weighted by atomic mass is 10.0. The van der Waals surface area contributed by atoms with Crippen molar-refractivity contribution >= 4 is 131 Å². The van der Waals surface area contributed by atoms with E-state index in [0.717, 1.165) is 66.6 Å². The van der Waals surface area contributed by atoms with Crippen molar-refractivity contribution < 1.29 is 8.83 Å². The van der Waals surface area contributed by atoms with Gasteiger partial charge in [-0.25, -0.2) is 0 Å². The maximum atomic E-state index is 6.28. The highest BCUT2D eigenvalue weighted by Crippen LogP contribution is 2.43. The van der Waals surface area contributed by atoms with Crippen molar-refractivity contribution in [3.05, 3.63) is 291 Å². The molecule has 0 N–H and O–H groups in total. The van der Waals surface area contributed by atoms with Crippen molar-refractivity contribution in [1.29, 1.82) is 0 Å². The second-order valence-corrected chi connectivity index (χ2v) is 22.0. The van der Waals surface area contributed by atoms with E-state index >= 15 is 0 Å². The molecule has 0 radical (unpaired) electrons. The molecular weight excluding hydrogens is 1020 g/mol. The molecule has 19 rings (SSSR count). The number of nitrogens with zero attached hydrogens (tertiary/aromatic N) is 4. The van der Waals surface area contributed by atoms with Gasteiger partial charge >= 0.3 is 0 Å². The highest BCUT2D eigenvalue weighted by atomic mass is 16.3. The molecule has 6 nitrogen and oxygen atoms in total. The fraction of sp³-hybridized carbons (Fsp3) is 0. The summed E-state index contributed by atoms with van der Waals surface area (Å²) in [4.78, 5) is 0. The molecule has 0 aliphatic rings. The lowest BCUT2D eigenvalue weighted by Crippen LogP contribution is -1.98. The normalized spacial score (nSPS) is 12.0. The largest absolute Gasteiger partial charge is 0.456 e. The summed E-state index contributed by atoms with van der Waals surface area (Å²) in [5.74, 6) is 0. The zero-order valence-corrected chi connectivity index (χ0v) is 45.3. The van der Waals surface area contributed by atoms with Crippen LogP contribution in [0.2, 0.25) is 0 Å². The van der Waals surface area contributed by atoms with E-state index < -0.39 is 0 Å². The van der Waals surface area contributed by atoms with Gasteiger partial charge in [0.15, 0.2) is 0 Å². The summed E-state index contributed by atoms with van der Waals surface area (Å²) in [6.45, 7) is 0. The summed E-state index contributed by atoms with van der Waals surface area (Å²) in [5, 5.41) is 14.4. The molecule has 0 aliphatic heterocycles. The highest BCUT2D eigenvalue weighted by molar-refractivity contribution is 6.19. The molecule has 6 heteroatoms. The van der Waals surface area contributed by atoms with Gasteiger partial charge in [0.1, 0.15) is 22.3 Å². The van der Waals surface area contributed by atoms with Crippen LogP contribution in [-0.2, 0) is 0 Å². The van der Waals surface area contributed by atoms with E-state index in [1.807, 2.05) is 24.3 Å². The van der Waals surface area contributed by atoms with Gasteiger partial charge in [0.2, 0.25) is 0 Å². The van der Waals surface area contributed by atoms with Gasteiger partial charge in [0.05, 0.1) is 44.1 Å². The van der Waals surface area contributed by atoms with Crippen LogP contribution in [-0.4, -0.2) is 18.3 Å². The molecule has 0 saturated heterocycles. The average Bonchev–Trinajstić information content (AvgIpc) is 2.10. The Labute approximate surface area is 480 Å². The number of rotatable bonds is 5. The third kappa shape index (κ3) is 6.85. The van der Waals surface area contributed by atoms with Gasteiger partial charge in [0, 0.05) is 92.9 Å². The van der Waals surface area contributed by atoms with Gasteiger partial charge in [-0.05, 0) is 115 Å². The number of hydrogen-bond acceptors (Lipinski definition) is 2. The Bertz CT molecular complexity index is 5810. The Morgan fingerprint density at radius 1 is 0.190 bits per heavy atom. The molecule has 84 heavy (non-hydrogen) atoms. The van der Waals surface area contributed by atoms with Crippen LogP contribution in [0.5, 0.6) is 0 Å². The van der Waals surface area contributed by atoms with Crippen molar-refractivity contribution in [2.24, 2.45) is 0 Å². The molecule has 0 amide bonds. The molecule has 6 aromatic heterocycles. The first-order valence-corrected chi connectivity index (χ1v) is 28.6. The van der Waals surface area contributed by atoms with Crippen molar-refractivity contribution in [2.75, 3.05) is 0 Å². The Kier molecular flexibility index (Phi) is 9.99. The molecule has 0 aliphatic carbocycles. The first kappa shape index (κ1) is 46.4. The number of para-hydroxylation sites is 9. The van der Waals surface area contributed by atoms with Crippen LogP contribution in [0.1, 0.15) is 0 Å². The first-order valence-electron chi connectivity index (χ1n) is 28.6. The van der Waals surface area contributed by atoms with Crippen LogP contribution in [0.15, 0.2) is 300 Å². The van der Waals surface area contributed by atoms with Crippen molar-refractivity contribution in [1.82, 2.24) is 18.3 Å². The van der Waals surface area contributed by atoms with Crippen LogP contribution in [0.4, 0.5) is 0 Å². The summed E-state index contributed by atoms with van der Waals surface area (Å²) < 4.78 is 22.1. The lowest BCUT2D eigenvalue weighted by Gasteiger charge is -2.13. The minimum atomic E-state index is 0.919. The smallest absolute Gasteiger partial charge is 0.136 e. The topological polar surface area (TPSA) is 46.0 Å². The summed E-state index contributed by atoms with van der Waals surface area (Å²) in [7, 11) is 0. The molecule has 0 atom stereocenters. The van der Waals surface area contributed by atoms with Crippen LogP contribution in [0.25, 0.3) is 165 Å². The summed E-state index contributed by atoms with van der Waals surface area (Å²) >= 11 is 0. The quantitative estimate of drug-likeness (QED) is 0.172. The predicted molar refractivity (Wildman–Crippen MR) is 350 cm³/mol. The van der Waals surface area contributed by atoms with E-state index in [1.165, 1.54) is 98.4 Å². The molecule has 6 heterocycles. The van der Waals surface area contributed by atoms with E-state index in [-0.39, 0.29) is 0 Å². The average molecular weight is 1070 g/mol. The van der Waals surface area contributed by atoms with Crippen molar-refractivity contribution in [3.8, 4) is 33.9 Å². The number of benzene rings is 13. The number of fused-ring (bicyclic) bond motifs is 18. The van der Waals surface area contributed by atoms with Gasteiger partial charge in [-0.3, -0.25) is 0 Å². The van der Waals surface area contributed by atoms with Crippen LogP contribution < -0.4 is 0 Å². The standard InChI is InChI=1S/C42H26N2O.C36H22N2O/c1-2-11-28(12-3-1)44-38-19-8-4-13-31(38)34-17-10-16-30(42(34)44)27-21-23-29(24-22-27)43-37-18-7-5-14-32(37)35-26-41-36(25-39(35)43)33-15-6-9-20-40(33)45-41;1-5-16-31-25(12-1)26-13-2-6-17-32(26)37(31)23-10-9-11-24(20-23)38-33-18-7-3-14-27(33)29-22-36-30(21-34(29)38)28-15-4-8-19-35(28)39-36/h1-26H;1-22H. The van der Waals surface area contributed by atoms with Gasteiger partial charge in [-0.2, -0.15) is 0 Å². The molecule has 0 bridgehead atoms. The van der Waals surface area contributed by atoms with E-state index in [2.05, 4.69) is 285 Å². The number of hydrogen-bond donors (Lipinski definition) is 0. The van der Waals surface area contributed by atoms with E-state index in [9.17, 15) is 0 Å². The summed E-state index contributed by atoms with van der Waals surface area (Å²) in [6, 6.07) is 104. The van der Waals surface area contributed by atoms with Gasteiger partial charge in [0.25, 0.3) is 0 Å². The number of aromatic nitrogens is 4. The second-order valence-electron chi connectivity index (χ2n) is 22.0. The van der Waals surface area contributed by atoms with Crippen molar-refractivity contribution in [2.45, 2.75) is 0 Å². The second kappa shape index (κ2) is 18.1. The minimum absolute atomic E-state index is 0.919. The Balaban J connectivity index is 0.000000129. The monoisotopic (exact) mass is 1070 g/mol. The third-order valence-electron chi connectivity index (χ3n) is 17.4. The number of furan rings is 2. The highest BCUT2D eigenvalue weighted by Gasteiger charge is 2.21. The molecular formula is C78H48N4O2. The molecule has 13 aromatic carbocycles. The predicted octanol–water partition coefficient (Wildman–Crippen LogP) is 21.2. The van der Waals surface area contributed by atoms with Crippen LogP contribution >= 0.6 is 0 Å².